The third-order valence-electron chi connectivity index (χ3n) is 5.83. The van der Waals surface area contributed by atoms with E-state index in [0.717, 1.165) is 33.8 Å². The molecule has 3 aliphatic heterocycles. The summed E-state index contributed by atoms with van der Waals surface area (Å²) in [6, 6.07) is 8.14. The molecule has 1 amide bonds. The highest BCUT2D eigenvalue weighted by Gasteiger charge is 2.48. The average molecular weight is 344 g/mol. The van der Waals surface area contributed by atoms with Crippen molar-refractivity contribution in [3.63, 3.8) is 0 Å². The number of carbonyl (C=O) groups is 1. The number of piperidine rings is 3. The average Bonchev–Trinajstić information content (AvgIpc) is 3.02. The van der Waals surface area contributed by atoms with Crippen LogP contribution in [0.3, 0.4) is 0 Å². The van der Waals surface area contributed by atoms with Crippen LogP contribution >= 0.6 is 11.3 Å². The first-order valence-corrected chi connectivity index (χ1v) is 9.45. The van der Waals surface area contributed by atoms with Crippen LogP contribution in [0.25, 0.3) is 10.1 Å². The van der Waals surface area contributed by atoms with Crippen molar-refractivity contribution in [2.75, 3.05) is 20.2 Å². The first kappa shape index (κ1) is 15.9. The summed E-state index contributed by atoms with van der Waals surface area (Å²) >= 11 is 1.51. The lowest BCUT2D eigenvalue weighted by molar-refractivity contribution is -0.0377. The Morgan fingerprint density at radius 3 is 2.75 bits per heavy atom. The number of benzene rings is 1. The SMILES string of the molecule is COc1cccc2cc(C(=O)NC3C4CCN(CC4)C3(C)C)sc12. The summed E-state index contributed by atoms with van der Waals surface area (Å²) in [6.07, 6.45) is 2.38. The molecule has 1 aromatic carbocycles. The number of ether oxygens (including phenoxy) is 1. The molecular weight excluding hydrogens is 320 g/mol. The lowest BCUT2D eigenvalue weighted by Crippen LogP contribution is -2.69. The molecule has 4 heterocycles. The van der Waals surface area contributed by atoms with Crippen molar-refractivity contribution in [2.24, 2.45) is 5.92 Å². The Kier molecular flexibility index (Phi) is 3.81. The molecular formula is C19H24N2O2S. The summed E-state index contributed by atoms with van der Waals surface area (Å²) in [6.45, 7) is 6.84. The van der Waals surface area contributed by atoms with Gasteiger partial charge in [-0.25, -0.2) is 0 Å². The number of rotatable bonds is 3. The predicted octanol–water partition coefficient (Wildman–Crippen LogP) is 3.51. The lowest BCUT2D eigenvalue weighted by Gasteiger charge is -2.56. The Bertz CT molecular complexity index is 775. The third-order valence-corrected chi connectivity index (χ3v) is 6.99. The minimum Gasteiger partial charge on any atom is -0.495 e. The highest BCUT2D eigenvalue weighted by atomic mass is 32.1. The van der Waals surface area contributed by atoms with Gasteiger partial charge in [-0.2, -0.15) is 0 Å². The number of thiophene rings is 1. The topological polar surface area (TPSA) is 41.6 Å². The normalized spacial score (nSPS) is 28.0. The second-order valence-corrected chi connectivity index (χ2v) is 8.47. The van der Waals surface area contributed by atoms with Crippen LogP contribution in [-0.2, 0) is 0 Å². The van der Waals surface area contributed by atoms with E-state index in [1.165, 1.54) is 24.2 Å². The maximum atomic E-state index is 12.9. The number of methoxy groups -OCH3 is 1. The summed E-state index contributed by atoms with van der Waals surface area (Å²) in [4.78, 5) is 16.2. The van der Waals surface area contributed by atoms with Gasteiger partial charge in [0.05, 0.1) is 16.7 Å². The van der Waals surface area contributed by atoms with E-state index in [-0.39, 0.29) is 17.5 Å². The summed E-state index contributed by atoms with van der Waals surface area (Å²) in [5, 5.41) is 4.41. The molecule has 0 saturated carbocycles. The van der Waals surface area contributed by atoms with Crippen LogP contribution < -0.4 is 10.1 Å². The van der Waals surface area contributed by atoms with Gasteiger partial charge in [0.25, 0.3) is 5.91 Å². The van der Waals surface area contributed by atoms with Gasteiger partial charge in [0.1, 0.15) is 5.75 Å². The molecule has 24 heavy (non-hydrogen) atoms. The summed E-state index contributed by atoms with van der Waals surface area (Å²) in [5.41, 5.74) is 0.0329. The summed E-state index contributed by atoms with van der Waals surface area (Å²) in [5.74, 6) is 1.47. The maximum Gasteiger partial charge on any atom is 0.261 e. The highest BCUT2D eigenvalue weighted by molar-refractivity contribution is 7.21. The van der Waals surface area contributed by atoms with Crippen molar-refractivity contribution in [1.29, 1.82) is 0 Å². The number of nitrogens with one attached hydrogen (secondary N) is 1. The summed E-state index contributed by atoms with van der Waals surface area (Å²) in [7, 11) is 1.67. The molecule has 0 radical (unpaired) electrons. The molecule has 5 rings (SSSR count). The van der Waals surface area contributed by atoms with E-state index in [1.54, 1.807) is 7.11 Å². The van der Waals surface area contributed by atoms with E-state index in [1.807, 2.05) is 24.3 Å². The van der Waals surface area contributed by atoms with E-state index < -0.39 is 0 Å². The van der Waals surface area contributed by atoms with E-state index in [9.17, 15) is 4.79 Å². The number of nitrogens with zero attached hydrogens (tertiary/aromatic N) is 1. The quantitative estimate of drug-likeness (QED) is 0.926. The smallest absolute Gasteiger partial charge is 0.261 e. The molecule has 4 nitrogen and oxygen atoms in total. The largest absolute Gasteiger partial charge is 0.495 e. The number of fused-ring (bicyclic) bond motifs is 4. The van der Waals surface area contributed by atoms with Crippen molar-refractivity contribution in [1.82, 2.24) is 10.2 Å². The second-order valence-electron chi connectivity index (χ2n) is 7.42. The zero-order chi connectivity index (χ0) is 16.9. The van der Waals surface area contributed by atoms with Crippen LogP contribution in [0.2, 0.25) is 0 Å². The molecule has 3 saturated heterocycles. The van der Waals surface area contributed by atoms with Crippen LogP contribution in [0, 0.1) is 5.92 Å². The van der Waals surface area contributed by atoms with Gasteiger partial charge in [0.2, 0.25) is 0 Å². The first-order valence-electron chi connectivity index (χ1n) is 8.63. The Hall–Kier alpha value is -1.59. The molecule has 2 bridgehead atoms. The van der Waals surface area contributed by atoms with Gasteiger partial charge in [-0.05, 0) is 63.2 Å². The van der Waals surface area contributed by atoms with Crippen LogP contribution in [0.1, 0.15) is 36.4 Å². The number of carbonyl (C=O) groups excluding carboxylic acids is 1. The fourth-order valence-corrected chi connectivity index (χ4v) is 5.45. The standard InChI is InChI=1S/C19H24N2O2S/c1-19(2)17(12-7-9-21(19)10-8-12)20-18(22)15-11-13-5-4-6-14(23-3)16(13)24-15/h4-6,11-12,17H,7-10H2,1-3H3,(H,20,22). The Morgan fingerprint density at radius 2 is 2.08 bits per heavy atom. The molecule has 1 unspecified atom stereocenters. The van der Waals surface area contributed by atoms with Gasteiger partial charge in [0, 0.05) is 11.6 Å². The van der Waals surface area contributed by atoms with E-state index in [4.69, 9.17) is 4.74 Å². The molecule has 0 aliphatic carbocycles. The van der Waals surface area contributed by atoms with Gasteiger partial charge < -0.3 is 10.1 Å². The zero-order valence-corrected chi connectivity index (χ0v) is 15.3. The lowest BCUT2D eigenvalue weighted by atomic mass is 9.72. The van der Waals surface area contributed by atoms with E-state index >= 15 is 0 Å². The van der Waals surface area contributed by atoms with E-state index in [2.05, 4.69) is 24.1 Å². The first-order chi connectivity index (χ1) is 11.5. The van der Waals surface area contributed by atoms with Crippen LogP contribution in [0.5, 0.6) is 5.75 Å². The van der Waals surface area contributed by atoms with Gasteiger partial charge in [0.15, 0.2) is 0 Å². The summed E-state index contributed by atoms with van der Waals surface area (Å²) < 4.78 is 6.46. The monoisotopic (exact) mass is 344 g/mol. The fraction of sp³-hybridized carbons (Fsp3) is 0.526. The van der Waals surface area contributed by atoms with Crippen LogP contribution in [0.15, 0.2) is 24.3 Å². The number of amides is 1. The molecule has 3 fully saturated rings. The van der Waals surface area contributed by atoms with Crippen molar-refractivity contribution < 1.29 is 9.53 Å². The van der Waals surface area contributed by atoms with Crippen molar-refractivity contribution in [3.05, 3.63) is 29.1 Å². The van der Waals surface area contributed by atoms with Crippen molar-refractivity contribution in [3.8, 4) is 5.75 Å². The second kappa shape index (κ2) is 5.74. The van der Waals surface area contributed by atoms with Gasteiger partial charge in [-0.1, -0.05) is 12.1 Å². The minimum atomic E-state index is 0.0329. The molecule has 2 aromatic rings. The zero-order valence-electron chi connectivity index (χ0n) is 14.5. The Balaban J connectivity index is 1.60. The van der Waals surface area contributed by atoms with Crippen LogP contribution in [0.4, 0.5) is 0 Å². The fourth-order valence-electron chi connectivity index (χ4n) is 4.40. The van der Waals surface area contributed by atoms with Gasteiger partial charge >= 0.3 is 0 Å². The van der Waals surface area contributed by atoms with Crippen LogP contribution in [-0.4, -0.2) is 42.6 Å². The molecule has 1 aromatic heterocycles. The minimum absolute atomic E-state index is 0.0329. The predicted molar refractivity (Wildman–Crippen MR) is 98.0 cm³/mol. The molecule has 128 valence electrons. The molecule has 1 N–H and O–H groups in total. The number of hydrogen-bond acceptors (Lipinski definition) is 4. The highest BCUT2D eigenvalue weighted by Crippen LogP contribution is 2.39. The molecule has 5 heteroatoms. The van der Waals surface area contributed by atoms with E-state index in [0.29, 0.717) is 5.92 Å². The molecule has 0 spiro atoms. The molecule has 3 aliphatic rings. The Labute approximate surface area is 146 Å². The van der Waals surface area contributed by atoms with Gasteiger partial charge in [-0.3, -0.25) is 9.69 Å². The Morgan fingerprint density at radius 1 is 1.33 bits per heavy atom. The molecule has 1 atom stereocenters. The van der Waals surface area contributed by atoms with Crippen molar-refractivity contribution in [2.45, 2.75) is 38.3 Å². The third kappa shape index (κ3) is 2.42. The number of hydrogen-bond donors (Lipinski definition) is 1. The maximum absolute atomic E-state index is 12.9. The van der Waals surface area contributed by atoms with Gasteiger partial charge in [-0.15, -0.1) is 11.3 Å². The van der Waals surface area contributed by atoms with Crippen molar-refractivity contribution >= 4 is 27.3 Å².